The summed E-state index contributed by atoms with van der Waals surface area (Å²) in [4.78, 5) is 4.58. The molecular formula is C15H14BrNO. The Morgan fingerprint density at radius 1 is 1.17 bits per heavy atom. The zero-order valence-electron chi connectivity index (χ0n) is 10.2. The fourth-order valence-electron chi connectivity index (χ4n) is 2.30. The number of aryl methyl sites for hydroxylation is 3. The molecular weight excluding hydrogens is 290 g/mol. The summed E-state index contributed by atoms with van der Waals surface area (Å²) in [6.07, 6.45) is 3.44. The molecule has 2 nitrogen and oxygen atoms in total. The predicted octanol–water partition coefficient (Wildman–Crippen LogP) is 4.43. The highest BCUT2D eigenvalue weighted by Gasteiger charge is 2.13. The molecule has 3 rings (SSSR count). The molecule has 0 unspecified atom stereocenters. The van der Waals surface area contributed by atoms with E-state index in [4.69, 9.17) is 4.74 Å². The molecule has 1 aliphatic carbocycles. The predicted molar refractivity (Wildman–Crippen MR) is 75.2 cm³/mol. The minimum atomic E-state index is 0.695. The largest absolute Gasteiger partial charge is 0.439 e. The van der Waals surface area contributed by atoms with E-state index in [-0.39, 0.29) is 0 Å². The number of nitrogens with zero attached hydrogens (tertiary/aromatic N) is 1. The van der Waals surface area contributed by atoms with Gasteiger partial charge in [-0.2, -0.15) is 0 Å². The highest BCUT2D eigenvalue weighted by Crippen LogP contribution is 2.28. The third-order valence-corrected chi connectivity index (χ3v) is 3.75. The molecule has 0 bridgehead atoms. The lowest BCUT2D eigenvalue weighted by Gasteiger charge is -2.09. The number of pyridine rings is 1. The molecule has 0 saturated carbocycles. The molecule has 0 fully saturated rings. The van der Waals surface area contributed by atoms with E-state index in [9.17, 15) is 0 Å². The van der Waals surface area contributed by atoms with E-state index in [1.54, 1.807) is 0 Å². The topological polar surface area (TPSA) is 22.1 Å². The molecule has 92 valence electrons. The van der Waals surface area contributed by atoms with Crippen molar-refractivity contribution >= 4 is 15.9 Å². The lowest BCUT2D eigenvalue weighted by molar-refractivity contribution is 0.457. The van der Waals surface area contributed by atoms with Gasteiger partial charge in [0.2, 0.25) is 5.88 Å². The van der Waals surface area contributed by atoms with Crippen LogP contribution in [0.25, 0.3) is 0 Å². The van der Waals surface area contributed by atoms with Gasteiger partial charge in [0.15, 0.2) is 0 Å². The van der Waals surface area contributed by atoms with Crippen molar-refractivity contribution in [3.8, 4) is 11.6 Å². The van der Waals surface area contributed by atoms with Gasteiger partial charge >= 0.3 is 0 Å². The second-order valence-corrected chi connectivity index (χ2v) is 5.54. The van der Waals surface area contributed by atoms with Crippen LogP contribution in [-0.4, -0.2) is 4.98 Å². The lowest BCUT2D eigenvalue weighted by Crippen LogP contribution is -1.94. The van der Waals surface area contributed by atoms with Crippen molar-refractivity contribution in [3.63, 3.8) is 0 Å². The molecule has 18 heavy (non-hydrogen) atoms. The van der Waals surface area contributed by atoms with Crippen LogP contribution >= 0.6 is 15.9 Å². The van der Waals surface area contributed by atoms with Crippen LogP contribution in [0.5, 0.6) is 11.6 Å². The zero-order chi connectivity index (χ0) is 12.5. The van der Waals surface area contributed by atoms with E-state index in [2.05, 4.69) is 27.0 Å². The first kappa shape index (κ1) is 11.7. The number of rotatable bonds is 2. The van der Waals surface area contributed by atoms with E-state index in [0.29, 0.717) is 5.88 Å². The molecule has 3 heteroatoms. The lowest BCUT2D eigenvalue weighted by atomic mass is 10.2. The molecule has 1 aliphatic rings. The first-order valence-corrected chi connectivity index (χ1v) is 6.94. The Morgan fingerprint density at radius 2 is 2.06 bits per heavy atom. The van der Waals surface area contributed by atoms with E-state index in [0.717, 1.165) is 28.6 Å². The molecule has 1 aromatic heterocycles. The number of ether oxygens (including phenoxy) is 1. The summed E-state index contributed by atoms with van der Waals surface area (Å²) in [6, 6.07) is 10.1. The van der Waals surface area contributed by atoms with Crippen LogP contribution in [0.3, 0.4) is 0 Å². The summed E-state index contributed by atoms with van der Waals surface area (Å²) >= 11 is 3.45. The number of hydrogen-bond acceptors (Lipinski definition) is 2. The fraction of sp³-hybridized carbons (Fsp3) is 0.267. The van der Waals surface area contributed by atoms with Gasteiger partial charge in [-0.05, 0) is 55.5 Å². The van der Waals surface area contributed by atoms with Gasteiger partial charge in [-0.1, -0.05) is 22.0 Å². The molecule has 1 aromatic carbocycles. The zero-order valence-corrected chi connectivity index (χ0v) is 11.8. The van der Waals surface area contributed by atoms with Gasteiger partial charge in [-0.15, -0.1) is 0 Å². The van der Waals surface area contributed by atoms with E-state index in [1.165, 1.54) is 17.7 Å². The number of benzene rings is 1. The standard InChI is InChI=1S/C15H14BrNO/c1-10-9-12(16)6-7-14(10)18-15-8-5-11-3-2-4-13(11)17-15/h5-9H,2-4H2,1H3. The van der Waals surface area contributed by atoms with Crippen LogP contribution in [0, 0.1) is 6.92 Å². The van der Waals surface area contributed by atoms with Gasteiger partial charge in [0.25, 0.3) is 0 Å². The van der Waals surface area contributed by atoms with E-state index < -0.39 is 0 Å². The number of hydrogen-bond donors (Lipinski definition) is 0. The molecule has 2 aromatic rings. The number of aromatic nitrogens is 1. The van der Waals surface area contributed by atoms with Gasteiger partial charge < -0.3 is 4.74 Å². The van der Waals surface area contributed by atoms with Crippen LogP contribution in [0.1, 0.15) is 23.2 Å². The molecule has 1 heterocycles. The molecule has 0 amide bonds. The first-order chi connectivity index (χ1) is 8.72. The summed E-state index contributed by atoms with van der Waals surface area (Å²) in [6.45, 7) is 2.04. The smallest absolute Gasteiger partial charge is 0.219 e. The van der Waals surface area contributed by atoms with Crippen LogP contribution < -0.4 is 4.74 Å². The Labute approximate surface area is 115 Å². The first-order valence-electron chi connectivity index (χ1n) is 6.15. The molecule has 0 aliphatic heterocycles. The van der Waals surface area contributed by atoms with Crippen LogP contribution in [-0.2, 0) is 12.8 Å². The summed E-state index contributed by atoms with van der Waals surface area (Å²) in [5.74, 6) is 1.56. The molecule has 0 radical (unpaired) electrons. The molecule has 0 atom stereocenters. The fourth-order valence-corrected chi connectivity index (χ4v) is 2.77. The quantitative estimate of drug-likeness (QED) is 0.818. The summed E-state index contributed by atoms with van der Waals surface area (Å²) in [5.41, 5.74) is 3.67. The van der Waals surface area contributed by atoms with Gasteiger partial charge in [0, 0.05) is 16.2 Å². The van der Waals surface area contributed by atoms with Gasteiger partial charge in [-0.25, -0.2) is 4.98 Å². The van der Waals surface area contributed by atoms with Gasteiger partial charge in [-0.3, -0.25) is 0 Å². The summed E-state index contributed by atoms with van der Waals surface area (Å²) in [7, 11) is 0. The molecule has 0 spiro atoms. The van der Waals surface area contributed by atoms with E-state index in [1.807, 2.05) is 31.2 Å². The minimum absolute atomic E-state index is 0.695. The van der Waals surface area contributed by atoms with E-state index >= 15 is 0 Å². The van der Waals surface area contributed by atoms with Crippen molar-refractivity contribution in [3.05, 3.63) is 51.6 Å². The normalized spacial score (nSPS) is 13.4. The van der Waals surface area contributed by atoms with Crippen molar-refractivity contribution in [2.75, 3.05) is 0 Å². The maximum atomic E-state index is 5.86. The van der Waals surface area contributed by atoms with Crippen molar-refractivity contribution in [2.45, 2.75) is 26.2 Å². The average molecular weight is 304 g/mol. The maximum absolute atomic E-state index is 5.86. The maximum Gasteiger partial charge on any atom is 0.219 e. The summed E-state index contributed by atoms with van der Waals surface area (Å²) < 4.78 is 6.92. The average Bonchev–Trinajstić information content (AvgIpc) is 2.80. The van der Waals surface area contributed by atoms with Gasteiger partial charge in [0.1, 0.15) is 5.75 Å². The van der Waals surface area contributed by atoms with Crippen molar-refractivity contribution < 1.29 is 4.74 Å². The second-order valence-electron chi connectivity index (χ2n) is 4.62. The van der Waals surface area contributed by atoms with Crippen molar-refractivity contribution in [2.24, 2.45) is 0 Å². The Balaban J connectivity index is 1.88. The van der Waals surface area contributed by atoms with Gasteiger partial charge in [0.05, 0.1) is 0 Å². The Kier molecular flexibility index (Phi) is 3.08. The third-order valence-electron chi connectivity index (χ3n) is 3.25. The number of fused-ring (bicyclic) bond motifs is 1. The van der Waals surface area contributed by atoms with Crippen LogP contribution in [0.4, 0.5) is 0 Å². The third kappa shape index (κ3) is 2.27. The molecule has 0 N–H and O–H groups in total. The van der Waals surface area contributed by atoms with Crippen LogP contribution in [0.2, 0.25) is 0 Å². The number of halogens is 1. The summed E-state index contributed by atoms with van der Waals surface area (Å²) in [5, 5.41) is 0. The minimum Gasteiger partial charge on any atom is -0.439 e. The Bertz CT molecular complexity index is 595. The Morgan fingerprint density at radius 3 is 2.89 bits per heavy atom. The monoisotopic (exact) mass is 303 g/mol. The second kappa shape index (κ2) is 4.73. The molecule has 0 saturated heterocycles. The highest BCUT2D eigenvalue weighted by molar-refractivity contribution is 9.10. The highest BCUT2D eigenvalue weighted by atomic mass is 79.9. The Hall–Kier alpha value is -1.35. The SMILES string of the molecule is Cc1cc(Br)ccc1Oc1ccc2c(n1)CCC2. The van der Waals surface area contributed by atoms with Crippen molar-refractivity contribution in [1.29, 1.82) is 0 Å². The van der Waals surface area contributed by atoms with Crippen LogP contribution in [0.15, 0.2) is 34.8 Å². The van der Waals surface area contributed by atoms with Crippen molar-refractivity contribution in [1.82, 2.24) is 4.98 Å².